The largest absolute Gasteiger partial charge is 0.508 e. The second kappa shape index (κ2) is 24.2. The van der Waals surface area contributed by atoms with Gasteiger partial charge in [0.2, 0.25) is 12.0 Å². The molecule has 0 aliphatic carbocycles. The van der Waals surface area contributed by atoms with Gasteiger partial charge in [0, 0.05) is 44.6 Å². The summed E-state index contributed by atoms with van der Waals surface area (Å²) < 4.78 is 78.3. The number of para-hydroxylation sites is 1. The monoisotopic (exact) mass is 1080 g/mol. The third-order valence-corrected chi connectivity index (χ3v) is 15.7. The quantitative estimate of drug-likeness (QED) is 0.0150. The number of phenolic OH excluding ortho intramolecular Hbond substituents is 1. The van der Waals surface area contributed by atoms with Crippen LogP contribution in [0, 0.1) is 13.8 Å². The summed E-state index contributed by atoms with van der Waals surface area (Å²) in [4.78, 5) is 27.1. The molecule has 1 N–H and O–H groups in total. The molecule has 2 atom stereocenters. The van der Waals surface area contributed by atoms with E-state index in [1.165, 1.54) is 31.4 Å². The number of carbonyl (C=O) groups is 1. The van der Waals surface area contributed by atoms with Gasteiger partial charge in [-0.15, -0.1) is 0 Å². The molecule has 0 aliphatic heterocycles. The van der Waals surface area contributed by atoms with Crippen molar-refractivity contribution in [2.24, 2.45) is 0 Å². The van der Waals surface area contributed by atoms with E-state index in [9.17, 15) is 18.3 Å². The van der Waals surface area contributed by atoms with E-state index in [2.05, 4.69) is 39.0 Å². The van der Waals surface area contributed by atoms with Gasteiger partial charge in [0.1, 0.15) is 54.3 Å². The van der Waals surface area contributed by atoms with Gasteiger partial charge in [0.05, 0.1) is 52.1 Å². The Hall–Kier alpha value is -5.90. The predicted octanol–water partition coefficient (Wildman–Crippen LogP) is 10.7. The van der Waals surface area contributed by atoms with Crippen LogP contribution in [0.25, 0.3) is 32.6 Å². The zero-order valence-electron chi connectivity index (χ0n) is 40.6. The lowest BCUT2D eigenvalue weighted by molar-refractivity contribution is -0.148. The first kappa shape index (κ1) is 53.9. The standard InChI is InChI=1S/C51H54Cl2N4O12S2Si/c1-31-12-15-37(16-13-31)71(60,61)67-29-36(28-65-30-64-22-23-72(5,6)7)68-42-19-17-38(32(2)47(42)52)45-46-44(26-55-48(45)53)70-57-50(46)69-43(51(59)63-4)25-33-24-35(58)14-18-40(33)66-27-34-20-21-54-49(56-34)39-10-8-9-11-41(39)62-3/h8-21,24,26,36,43,58H,22-23,25,27-30H2,1-7H3/t36-,43+/m1/s1. The van der Waals surface area contributed by atoms with Crippen LogP contribution in [0.3, 0.4) is 0 Å². The van der Waals surface area contributed by atoms with Crippen molar-refractivity contribution in [3.63, 3.8) is 0 Å². The number of rotatable bonds is 24. The van der Waals surface area contributed by atoms with Crippen molar-refractivity contribution in [2.75, 3.05) is 40.8 Å². The molecule has 0 unspecified atom stereocenters. The Labute approximate surface area is 433 Å². The van der Waals surface area contributed by atoms with Gasteiger partial charge in [-0.05, 0) is 97.1 Å². The molecule has 16 nitrogen and oxygen atoms in total. The van der Waals surface area contributed by atoms with Crippen LogP contribution in [-0.2, 0) is 46.3 Å². The summed E-state index contributed by atoms with van der Waals surface area (Å²) >= 11 is 15.1. The number of benzene rings is 4. The van der Waals surface area contributed by atoms with Crippen molar-refractivity contribution < 1.29 is 55.7 Å². The highest BCUT2D eigenvalue weighted by Gasteiger charge is 2.29. The van der Waals surface area contributed by atoms with E-state index in [0.29, 0.717) is 67.5 Å². The van der Waals surface area contributed by atoms with Gasteiger partial charge < -0.3 is 38.3 Å². The molecule has 0 amide bonds. The number of methoxy groups -OCH3 is 2. The van der Waals surface area contributed by atoms with Crippen molar-refractivity contribution in [1.82, 2.24) is 19.3 Å². The Morgan fingerprint density at radius 3 is 2.38 bits per heavy atom. The molecule has 3 heterocycles. The van der Waals surface area contributed by atoms with Crippen LogP contribution in [0.2, 0.25) is 35.9 Å². The third-order valence-electron chi connectivity index (χ3n) is 11.1. The summed E-state index contributed by atoms with van der Waals surface area (Å²) in [5, 5.41) is 11.3. The average Bonchev–Trinajstić information content (AvgIpc) is 3.77. The number of halogens is 2. The molecule has 7 rings (SSSR count). The molecule has 0 aliphatic rings. The highest BCUT2D eigenvalue weighted by Crippen LogP contribution is 2.45. The smallest absolute Gasteiger partial charge is 0.347 e. The number of phenols is 1. The van der Waals surface area contributed by atoms with Crippen molar-refractivity contribution in [1.29, 1.82) is 0 Å². The topological polar surface area (TPSA) is 197 Å². The Kier molecular flexibility index (Phi) is 18.1. The fourth-order valence-corrected chi connectivity index (χ4v) is 10.1. The lowest BCUT2D eigenvalue weighted by Crippen LogP contribution is -2.31. The number of nitrogens with zero attached hydrogens (tertiary/aromatic N) is 4. The maximum absolute atomic E-state index is 13.5. The minimum atomic E-state index is -4.16. The summed E-state index contributed by atoms with van der Waals surface area (Å²) in [6, 6.07) is 24.3. The van der Waals surface area contributed by atoms with E-state index in [4.69, 9.17) is 60.5 Å². The molecule has 3 aromatic heterocycles. The van der Waals surface area contributed by atoms with Crippen LogP contribution < -0.4 is 18.9 Å². The van der Waals surface area contributed by atoms with Crippen molar-refractivity contribution >= 4 is 69.0 Å². The minimum Gasteiger partial charge on any atom is -0.508 e. The molecule has 7 aromatic rings. The van der Waals surface area contributed by atoms with Crippen molar-refractivity contribution in [2.45, 2.75) is 69.7 Å². The third kappa shape index (κ3) is 13.8. The van der Waals surface area contributed by atoms with Gasteiger partial charge in [0.15, 0.2) is 5.82 Å². The van der Waals surface area contributed by atoms with Gasteiger partial charge in [-0.2, -0.15) is 12.8 Å². The number of carbonyl (C=O) groups excluding carboxylic acids is 1. The number of aromatic hydroxyl groups is 1. The van der Waals surface area contributed by atoms with Gasteiger partial charge in [-0.1, -0.05) is 78.7 Å². The predicted molar refractivity (Wildman–Crippen MR) is 278 cm³/mol. The molecular weight excluding hydrogens is 1020 g/mol. The first-order valence-corrected chi connectivity index (χ1v) is 29.2. The fourth-order valence-electron chi connectivity index (χ4n) is 7.24. The molecule has 4 aromatic carbocycles. The van der Waals surface area contributed by atoms with E-state index < -0.39 is 43.0 Å². The van der Waals surface area contributed by atoms with Crippen molar-refractivity contribution in [3.8, 4) is 51.4 Å². The van der Waals surface area contributed by atoms with Crippen LogP contribution in [0.1, 0.15) is 22.4 Å². The number of ether oxygens (including phenoxy) is 7. The summed E-state index contributed by atoms with van der Waals surface area (Å²) in [6.45, 7) is 10.4. The van der Waals surface area contributed by atoms with Crippen molar-refractivity contribution in [3.05, 3.63) is 130 Å². The van der Waals surface area contributed by atoms with Gasteiger partial charge in [-0.3, -0.25) is 4.18 Å². The molecule has 21 heteroatoms. The molecular formula is C51H54Cl2N4O12S2Si. The summed E-state index contributed by atoms with van der Waals surface area (Å²) in [5.41, 5.74) is 4.07. The maximum Gasteiger partial charge on any atom is 0.347 e. The summed E-state index contributed by atoms with van der Waals surface area (Å²) in [6.07, 6.45) is 0.829. The maximum atomic E-state index is 13.5. The van der Waals surface area contributed by atoms with Crippen LogP contribution in [-0.4, -0.2) is 99.9 Å². The number of fused-ring (bicyclic) bond motifs is 1. The highest BCUT2D eigenvalue weighted by molar-refractivity contribution is 7.86. The summed E-state index contributed by atoms with van der Waals surface area (Å²) in [7, 11) is -2.68. The molecule has 0 fully saturated rings. The van der Waals surface area contributed by atoms with E-state index in [-0.39, 0.29) is 58.9 Å². The Balaban J connectivity index is 1.13. The van der Waals surface area contributed by atoms with Crippen LogP contribution in [0.4, 0.5) is 0 Å². The van der Waals surface area contributed by atoms with E-state index in [0.717, 1.165) is 23.1 Å². The molecule has 380 valence electrons. The van der Waals surface area contributed by atoms with Crippen LogP contribution >= 0.6 is 34.7 Å². The molecule has 0 saturated heterocycles. The Morgan fingerprint density at radius 2 is 1.62 bits per heavy atom. The highest BCUT2D eigenvalue weighted by atomic mass is 35.5. The molecule has 0 bridgehead atoms. The van der Waals surface area contributed by atoms with E-state index in [1.807, 2.05) is 31.2 Å². The van der Waals surface area contributed by atoms with Crippen LogP contribution in [0.5, 0.6) is 28.9 Å². The number of hydrogen-bond donors (Lipinski definition) is 1. The second-order valence-corrected chi connectivity index (χ2v) is 26.5. The SMILES string of the molecule is COC(=O)[C@H](Cc1cc(O)ccc1OCc1ccnc(-c2ccccc2OC)n1)Oc1nsc2cnc(Cl)c(-c3ccc(O[C@H](COCOCC[Si](C)(C)C)COS(=O)(=O)c4ccc(C)cc4)c(Cl)c3C)c12. The number of aromatic nitrogens is 4. The fraction of sp³-hybridized carbons (Fsp3) is 0.314. The second-order valence-electron chi connectivity index (χ2n) is 17.7. The lowest BCUT2D eigenvalue weighted by Gasteiger charge is -2.22. The lowest BCUT2D eigenvalue weighted by atomic mass is 9.99. The van der Waals surface area contributed by atoms with E-state index >= 15 is 0 Å². The molecule has 0 spiro atoms. The number of esters is 1. The first-order chi connectivity index (χ1) is 34.4. The average molecular weight is 1080 g/mol. The zero-order valence-corrected chi connectivity index (χ0v) is 44.8. The number of aryl methyl sites for hydroxylation is 1. The van der Waals surface area contributed by atoms with Crippen LogP contribution in [0.15, 0.2) is 102 Å². The molecule has 0 saturated carbocycles. The van der Waals surface area contributed by atoms with E-state index in [1.54, 1.807) is 62.8 Å². The normalized spacial score (nSPS) is 12.6. The molecule has 0 radical (unpaired) electrons. The van der Waals surface area contributed by atoms with Gasteiger partial charge >= 0.3 is 5.97 Å². The van der Waals surface area contributed by atoms with Gasteiger partial charge in [0.25, 0.3) is 10.1 Å². The molecule has 72 heavy (non-hydrogen) atoms. The van der Waals surface area contributed by atoms with Gasteiger partial charge in [-0.25, -0.2) is 19.7 Å². The number of hydrogen-bond acceptors (Lipinski definition) is 17. The zero-order chi connectivity index (χ0) is 51.6. The summed E-state index contributed by atoms with van der Waals surface area (Å²) in [5.74, 6) is 0.896. The Morgan fingerprint density at radius 1 is 0.861 bits per heavy atom. The minimum absolute atomic E-state index is 0.00231. The number of pyridine rings is 1. The Bertz CT molecular complexity index is 3120. The first-order valence-electron chi connectivity index (χ1n) is 22.6.